The van der Waals surface area contributed by atoms with E-state index < -0.39 is 6.04 Å². The summed E-state index contributed by atoms with van der Waals surface area (Å²) >= 11 is 7.59. The number of pyridine rings is 1. The number of amides is 1. The number of aliphatic imine (C=N–C) groups is 1. The van der Waals surface area contributed by atoms with Gasteiger partial charge in [-0.25, -0.2) is 4.98 Å². The first kappa shape index (κ1) is 14.2. The maximum atomic E-state index is 12.6. The van der Waals surface area contributed by atoms with E-state index in [1.807, 2.05) is 11.4 Å². The Bertz CT molecular complexity index is 902. The number of carbonyl (C=O) groups excluding carboxylic acids is 1. The van der Waals surface area contributed by atoms with Crippen molar-refractivity contribution < 1.29 is 9.21 Å². The third kappa shape index (κ3) is 2.46. The minimum Gasteiger partial charge on any atom is -0.463 e. The van der Waals surface area contributed by atoms with Crippen LogP contribution in [-0.2, 0) is 4.79 Å². The van der Waals surface area contributed by atoms with E-state index in [9.17, 15) is 4.79 Å². The standard InChI is InChI=1S/C16H10ClN3O2S/c17-10-5-8-23-14(10)13-16(21)20-15-9(3-1-6-18-15)12(19-13)11-4-2-7-22-11/h1-8,13H,(H,18,20,21). The van der Waals surface area contributed by atoms with Crippen molar-refractivity contribution in [3.8, 4) is 0 Å². The van der Waals surface area contributed by atoms with Crippen LogP contribution in [0.3, 0.4) is 0 Å². The molecule has 4 heterocycles. The zero-order valence-electron chi connectivity index (χ0n) is 11.7. The fourth-order valence-electron chi connectivity index (χ4n) is 2.43. The summed E-state index contributed by atoms with van der Waals surface area (Å²) in [7, 11) is 0. The number of carbonyl (C=O) groups is 1. The molecule has 23 heavy (non-hydrogen) atoms. The molecule has 4 rings (SSSR count). The topological polar surface area (TPSA) is 67.5 Å². The number of thiophene rings is 1. The van der Waals surface area contributed by atoms with Crippen LogP contribution in [0.2, 0.25) is 5.02 Å². The van der Waals surface area contributed by atoms with Crippen LogP contribution in [0.15, 0.2) is 57.6 Å². The number of furan rings is 1. The van der Waals surface area contributed by atoms with Crippen LogP contribution < -0.4 is 5.32 Å². The van der Waals surface area contributed by atoms with Gasteiger partial charge in [-0.15, -0.1) is 11.3 Å². The maximum Gasteiger partial charge on any atom is 0.255 e. The number of hydrogen-bond acceptors (Lipinski definition) is 5. The SMILES string of the molecule is O=C1Nc2ncccc2C(c2ccco2)=NC1c1sccc1Cl. The van der Waals surface area contributed by atoms with Gasteiger partial charge in [0.1, 0.15) is 11.5 Å². The molecule has 1 amide bonds. The molecule has 1 aliphatic rings. The van der Waals surface area contributed by atoms with E-state index in [-0.39, 0.29) is 5.91 Å². The van der Waals surface area contributed by atoms with Crippen molar-refractivity contribution in [3.63, 3.8) is 0 Å². The number of aromatic nitrogens is 1. The second kappa shape index (κ2) is 5.64. The number of halogens is 1. The molecule has 0 saturated heterocycles. The van der Waals surface area contributed by atoms with Gasteiger partial charge in [0.15, 0.2) is 11.8 Å². The lowest BCUT2D eigenvalue weighted by Crippen LogP contribution is -2.18. The second-order valence-electron chi connectivity index (χ2n) is 4.88. The van der Waals surface area contributed by atoms with Crippen molar-refractivity contribution >= 4 is 40.4 Å². The van der Waals surface area contributed by atoms with E-state index in [1.54, 1.807) is 36.7 Å². The first-order valence-corrected chi connectivity index (χ1v) is 8.10. The molecule has 0 fully saturated rings. The van der Waals surface area contributed by atoms with E-state index in [0.29, 0.717) is 32.8 Å². The molecule has 114 valence electrons. The second-order valence-corrected chi connectivity index (χ2v) is 6.23. The minimum atomic E-state index is -0.739. The first-order valence-electron chi connectivity index (χ1n) is 6.85. The molecule has 0 saturated carbocycles. The Morgan fingerprint density at radius 1 is 1.26 bits per heavy atom. The highest BCUT2D eigenvalue weighted by Crippen LogP contribution is 2.35. The average molecular weight is 344 g/mol. The summed E-state index contributed by atoms with van der Waals surface area (Å²) in [5.74, 6) is 0.770. The first-order chi connectivity index (χ1) is 11.2. The Morgan fingerprint density at radius 3 is 2.91 bits per heavy atom. The van der Waals surface area contributed by atoms with Crippen molar-refractivity contribution in [1.29, 1.82) is 0 Å². The lowest BCUT2D eigenvalue weighted by Gasteiger charge is -2.09. The van der Waals surface area contributed by atoms with Gasteiger partial charge in [0.25, 0.3) is 5.91 Å². The average Bonchev–Trinajstić information content (AvgIpc) is 3.19. The zero-order valence-corrected chi connectivity index (χ0v) is 13.3. The van der Waals surface area contributed by atoms with Crippen LogP contribution >= 0.6 is 22.9 Å². The Hall–Kier alpha value is -2.44. The van der Waals surface area contributed by atoms with Crippen molar-refractivity contribution in [2.45, 2.75) is 6.04 Å². The molecular weight excluding hydrogens is 334 g/mol. The molecule has 0 bridgehead atoms. The summed E-state index contributed by atoms with van der Waals surface area (Å²) in [6.07, 6.45) is 3.19. The fourth-order valence-corrected chi connectivity index (χ4v) is 3.62. The van der Waals surface area contributed by atoms with Crippen molar-refractivity contribution in [3.05, 3.63) is 69.4 Å². The molecule has 1 N–H and O–H groups in total. The van der Waals surface area contributed by atoms with Crippen LogP contribution in [0.4, 0.5) is 5.82 Å². The largest absolute Gasteiger partial charge is 0.463 e. The van der Waals surface area contributed by atoms with Crippen LogP contribution in [0.5, 0.6) is 0 Å². The molecule has 7 heteroatoms. The Morgan fingerprint density at radius 2 is 2.17 bits per heavy atom. The summed E-state index contributed by atoms with van der Waals surface area (Å²) in [4.78, 5) is 22.2. The van der Waals surface area contributed by atoms with Gasteiger partial charge in [-0.05, 0) is 35.7 Å². The number of fused-ring (bicyclic) bond motifs is 1. The number of nitrogens with zero attached hydrogens (tertiary/aromatic N) is 2. The van der Waals surface area contributed by atoms with Gasteiger partial charge in [-0.1, -0.05) is 11.6 Å². The smallest absolute Gasteiger partial charge is 0.255 e. The van der Waals surface area contributed by atoms with Crippen LogP contribution in [0.25, 0.3) is 0 Å². The lowest BCUT2D eigenvalue weighted by atomic mass is 10.1. The van der Waals surface area contributed by atoms with Crippen molar-refractivity contribution in [2.24, 2.45) is 4.99 Å². The molecule has 3 aromatic rings. The van der Waals surface area contributed by atoms with E-state index in [0.717, 1.165) is 0 Å². The summed E-state index contributed by atoms with van der Waals surface area (Å²) in [5, 5.41) is 5.18. The molecule has 3 aromatic heterocycles. The normalized spacial score (nSPS) is 17.2. The highest BCUT2D eigenvalue weighted by atomic mass is 35.5. The molecule has 1 atom stereocenters. The fraction of sp³-hybridized carbons (Fsp3) is 0.0625. The minimum absolute atomic E-state index is 0.268. The van der Waals surface area contributed by atoms with E-state index in [1.165, 1.54) is 11.3 Å². The van der Waals surface area contributed by atoms with E-state index >= 15 is 0 Å². The van der Waals surface area contributed by atoms with Gasteiger partial charge in [-0.3, -0.25) is 9.79 Å². The van der Waals surface area contributed by atoms with E-state index in [4.69, 9.17) is 16.0 Å². The van der Waals surface area contributed by atoms with Gasteiger partial charge in [-0.2, -0.15) is 0 Å². The molecule has 1 unspecified atom stereocenters. The highest BCUT2D eigenvalue weighted by molar-refractivity contribution is 7.10. The van der Waals surface area contributed by atoms with Crippen molar-refractivity contribution in [1.82, 2.24) is 4.98 Å². The zero-order chi connectivity index (χ0) is 15.8. The summed E-state index contributed by atoms with van der Waals surface area (Å²) in [6.45, 7) is 0. The van der Waals surface area contributed by atoms with Gasteiger partial charge in [0, 0.05) is 11.8 Å². The van der Waals surface area contributed by atoms with Gasteiger partial charge in [0.2, 0.25) is 0 Å². The summed E-state index contributed by atoms with van der Waals surface area (Å²) in [5.41, 5.74) is 1.29. The number of hydrogen-bond donors (Lipinski definition) is 1. The Labute approximate surface area is 140 Å². The quantitative estimate of drug-likeness (QED) is 0.766. The van der Waals surface area contributed by atoms with E-state index in [2.05, 4.69) is 15.3 Å². The predicted molar refractivity (Wildman–Crippen MR) is 89.3 cm³/mol. The van der Waals surface area contributed by atoms with Gasteiger partial charge >= 0.3 is 0 Å². The number of rotatable bonds is 2. The third-order valence-corrected chi connectivity index (χ3v) is 4.87. The van der Waals surface area contributed by atoms with Gasteiger partial charge < -0.3 is 9.73 Å². The predicted octanol–water partition coefficient (Wildman–Crippen LogP) is 3.92. The number of anilines is 1. The molecular formula is C16H10ClN3O2S. The highest BCUT2D eigenvalue weighted by Gasteiger charge is 2.30. The monoisotopic (exact) mass is 343 g/mol. The molecule has 5 nitrogen and oxygen atoms in total. The molecule has 0 aromatic carbocycles. The molecule has 0 spiro atoms. The van der Waals surface area contributed by atoms with Crippen LogP contribution in [0.1, 0.15) is 22.2 Å². The van der Waals surface area contributed by atoms with Crippen molar-refractivity contribution in [2.75, 3.05) is 5.32 Å². The maximum absolute atomic E-state index is 12.6. The molecule has 1 aliphatic heterocycles. The van der Waals surface area contributed by atoms with Crippen LogP contribution in [0, 0.1) is 0 Å². The number of nitrogens with one attached hydrogen (secondary N) is 1. The lowest BCUT2D eigenvalue weighted by molar-refractivity contribution is -0.117. The summed E-state index contributed by atoms with van der Waals surface area (Å²) < 4.78 is 5.49. The third-order valence-electron chi connectivity index (χ3n) is 3.46. The summed E-state index contributed by atoms with van der Waals surface area (Å²) in [6, 6.07) is 8.24. The molecule has 0 radical (unpaired) electrons. The Balaban J connectivity index is 1.93. The molecule has 0 aliphatic carbocycles. The van der Waals surface area contributed by atoms with Gasteiger partial charge in [0.05, 0.1) is 16.2 Å². The Kier molecular flexibility index (Phi) is 3.48. The van der Waals surface area contributed by atoms with Crippen LogP contribution in [-0.4, -0.2) is 16.6 Å².